The highest BCUT2D eigenvalue weighted by Crippen LogP contribution is 2.21. The van der Waals surface area contributed by atoms with E-state index in [2.05, 4.69) is 57.3 Å². The van der Waals surface area contributed by atoms with Crippen molar-refractivity contribution in [3.05, 3.63) is 35.4 Å². The first-order chi connectivity index (χ1) is 9.15. The fourth-order valence-corrected chi connectivity index (χ4v) is 2.20. The standard InChI is InChI=1S/C17H29NO/c1-5-18-13-17(19-12-8-9-14(2)3)16-11-7-6-10-15(16)4/h6-7,10-11,14,17-18H,5,8-9,12-13H2,1-4H3. The first kappa shape index (κ1) is 16.2. The molecule has 2 nitrogen and oxygen atoms in total. The molecule has 0 saturated carbocycles. The van der Waals surface area contributed by atoms with E-state index >= 15 is 0 Å². The fraction of sp³-hybridized carbons (Fsp3) is 0.647. The van der Waals surface area contributed by atoms with Crippen molar-refractivity contribution in [3.63, 3.8) is 0 Å². The Hall–Kier alpha value is -0.860. The van der Waals surface area contributed by atoms with E-state index in [1.807, 2.05) is 0 Å². The average molecular weight is 263 g/mol. The predicted molar refractivity (Wildman–Crippen MR) is 82.5 cm³/mol. The van der Waals surface area contributed by atoms with Crippen LogP contribution in [0.25, 0.3) is 0 Å². The van der Waals surface area contributed by atoms with Crippen molar-refractivity contribution < 1.29 is 4.74 Å². The van der Waals surface area contributed by atoms with Gasteiger partial charge in [-0.2, -0.15) is 0 Å². The molecule has 0 fully saturated rings. The maximum absolute atomic E-state index is 6.10. The molecule has 0 spiro atoms. The van der Waals surface area contributed by atoms with Gasteiger partial charge in [0.15, 0.2) is 0 Å². The van der Waals surface area contributed by atoms with Gasteiger partial charge >= 0.3 is 0 Å². The molecule has 2 heteroatoms. The number of ether oxygens (including phenoxy) is 1. The minimum absolute atomic E-state index is 0.174. The number of nitrogens with one attached hydrogen (secondary N) is 1. The molecule has 0 aliphatic carbocycles. The molecule has 1 unspecified atom stereocenters. The quantitative estimate of drug-likeness (QED) is 0.677. The highest BCUT2D eigenvalue weighted by Gasteiger charge is 2.13. The van der Waals surface area contributed by atoms with Gasteiger partial charge in [-0.1, -0.05) is 45.0 Å². The molecule has 0 saturated heterocycles. The number of aryl methyl sites for hydroxylation is 1. The minimum Gasteiger partial charge on any atom is -0.372 e. The maximum Gasteiger partial charge on any atom is 0.0951 e. The SMILES string of the molecule is CCNCC(OCCCC(C)C)c1ccccc1C. The van der Waals surface area contributed by atoms with E-state index < -0.39 is 0 Å². The van der Waals surface area contributed by atoms with Crippen LogP contribution in [0.4, 0.5) is 0 Å². The Kier molecular flexibility index (Phi) is 7.76. The first-order valence-electron chi connectivity index (χ1n) is 7.53. The Morgan fingerprint density at radius 3 is 2.58 bits per heavy atom. The van der Waals surface area contributed by atoms with E-state index in [-0.39, 0.29) is 6.10 Å². The third-order valence-electron chi connectivity index (χ3n) is 3.36. The molecule has 0 aliphatic heterocycles. The van der Waals surface area contributed by atoms with E-state index in [9.17, 15) is 0 Å². The van der Waals surface area contributed by atoms with Crippen LogP contribution in [0.15, 0.2) is 24.3 Å². The van der Waals surface area contributed by atoms with Crippen LogP contribution in [-0.2, 0) is 4.74 Å². The summed E-state index contributed by atoms with van der Waals surface area (Å²) in [6.07, 6.45) is 2.56. The van der Waals surface area contributed by atoms with Crippen LogP contribution in [-0.4, -0.2) is 19.7 Å². The first-order valence-corrected chi connectivity index (χ1v) is 7.53. The highest BCUT2D eigenvalue weighted by molar-refractivity contribution is 5.28. The molecule has 0 radical (unpaired) electrons. The molecule has 108 valence electrons. The van der Waals surface area contributed by atoms with Crippen LogP contribution in [0.2, 0.25) is 0 Å². The van der Waals surface area contributed by atoms with E-state index in [1.165, 1.54) is 17.5 Å². The number of rotatable bonds is 9. The summed E-state index contributed by atoms with van der Waals surface area (Å²) in [6.45, 7) is 11.5. The average Bonchev–Trinajstić information content (AvgIpc) is 2.39. The second-order valence-electron chi connectivity index (χ2n) is 5.56. The number of hydrogen-bond acceptors (Lipinski definition) is 2. The molecular weight excluding hydrogens is 234 g/mol. The Balaban J connectivity index is 2.54. The summed E-state index contributed by atoms with van der Waals surface area (Å²) in [5, 5.41) is 3.40. The van der Waals surface area contributed by atoms with Gasteiger partial charge in [0.1, 0.15) is 0 Å². The van der Waals surface area contributed by atoms with Crippen molar-refractivity contribution in [1.29, 1.82) is 0 Å². The summed E-state index contributed by atoms with van der Waals surface area (Å²) < 4.78 is 6.10. The zero-order chi connectivity index (χ0) is 14.1. The monoisotopic (exact) mass is 263 g/mol. The van der Waals surface area contributed by atoms with Gasteiger partial charge < -0.3 is 10.1 Å². The zero-order valence-corrected chi connectivity index (χ0v) is 12.9. The molecule has 0 aliphatic rings. The molecule has 0 aromatic heterocycles. The molecule has 1 N–H and O–H groups in total. The van der Waals surface area contributed by atoms with E-state index in [0.29, 0.717) is 0 Å². The summed E-state index contributed by atoms with van der Waals surface area (Å²) in [6, 6.07) is 8.52. The van der Waals surface area contributed by atoms with Crippen LogP contribution in [0.5, 0.6) is 0 Å². The minimum atomic E-state index is 0.174. The third-order valence-corrected chi connectivity index (χ3v) is 3.36. The fourth-order valence-electron chi connectivity index (χ4n) is 2.20. The van der Waals surface area contributed by atoms with Crippen molar-refractivity contribution in [1.82, 2.24) is 5.32 Å². The number of hydrogen-bond donors (Lipinski definition) is 1. The third kappa shape index (κ3) is 6.22. The van der Waals surface area contributed by atoms with Gasteiger partial charge in [-0.3, -0.25) is 0 Å². The van der Waals surface area contributed by atoms with Crippen molar-refractivity contribution in [3.8, 4) is 0 Å². The van der Waals surface area contributed by atoms with Gasteiger partial charge in [-0.25, -0.2) is 0 Å². The van der Waals surface area contributed by atoms with Gasteiger partial charge in [0.05, 0.1) is 6.10 Å². The summed E-state index contributed by atoms with van der Waals surface area (Å²) >= 11 is 0. The van der Waals surface area contributed by atoms with Gasteiger partial charge in [0.2, 0.25) is 0 Å². The molecule has 1 aromatic rings. The lowest BCUT2D eigenvalue weighted by Gasteiger charge is -2.21. The largest absolute Gasteiger partial charge is 0.372 e. The van der Waals surface area contributed by atoms with E-state index in [4.69, 9.17) is 4.74 Å². The van der Waals surface area contributed by atoms with Crippen molar-refractivity contribution >= 4 is 0 Å². The molecule has 1 aromatic carbocycles. The number of likely N-dealkylation sites (N-methyl/N-ethyl adjacent to an activating group) is 1. The zero-order valence-electron chi connectivity index (χ0n) is 12.9. The van der Waals surface area contributed by atoms with Crippen molar-refractivity contribution in [2.45, 2.75) is 46.6 Å². The Labute approximate surface area is 118 Å². The maximum atomic E-state index is 6.10. The Bertz CT molecular complexity index is 349. The second-order valence-corrected chi connectivity index (χ2v) is 5.56. The lowest BCUT2D eigenvalue weighted by atomic mass is 10.0. The molecule has 0 amide bonds. The van der Waals surface area contributed by atoms with Gasteiger partial charge in [0.25, 0.3) is 0 Å². The van der Waals surface area contributed by atoms with Crippen molar-refractivity contribution in [2.75, 3.05) is 19.7 Å². The lowest BCUT2D eigenvalue weighted by Crippen LogP contribution is -2.24. The predicted octanol–water partition coefficient (Wildman–Crippen LogP) is 4.10. The normalized spacial score (nSPS) is 12.9. The highest BCUT2D eigenvalue weighted by atomic mass is 16.5. The number of benzene rings is 1. The topological polar surface area (TPSA) is 21.3 Å². The summed E-state index contributed by atoms with van der Waals surface area (Å²) in [7, 11) is 0. The molecule has 19 heavy (non-hydrogen) atoms. The van der Waals surface area contributed by atoms with Crippen LogP contribution in [0.3, 0.4) is 0 Å². The summed E-state index contributed by atoms with van der Waals surface area (Å²) in [4.78, 5) is 0. The molecule has 0 bridgehead atoms. The second kappa shape index (κ2) is 9.11. The van der Waals surface area contributed by atoms with Crippen LogP contribution in [0, 0.1) is 12.8 Å². The van der Waals surface area contributed by atoms with Gasteiger partial charge in [-0.15, -0.1) is 0 Å². The summed E-state index contributed by atoms with van der Waals surface area (Å²) in [5.41, 5.74) is 2.63. The van der Waals surface area contributed by atoms with Gasteiger partial charge in [-0.05, 0) is 43.4 Å². The Morgan fingerprint density at radius 2 is 1.95 bits per heavy atom. The molecule has 0 heterocycles. The van der Waals surface area contributed by atoms with Crippen LogP contribution >= 0.6 is 0 Å². The Morgan fingerprint density at radius 1 is 1.21 bits per heavy atom. The van der Waals surface area contributed by atoms with Crippen molar-refractivity contribution in [2.24, 2.45) is 5.92 Å². The van der Waals surface area contributed by atoms with E-state index in [0.717, 1.165) is 32.0 Å². The lowest BCUT2D eigenvalue weighted by molar-refractivity contribution is 0.0486. The summed E-state index contributed by atoms with van der Waals surface area (Å²) in [5.74, 6) is 0.759. The van der Waals surface area contributed by atoms with Gasteiger partial charge in [0, 0.05) is 13.2 Å². The van der Waals surface area contributed by atoms with Crippen LogP contribution in [0.1, 0.15) is 50.8 Å². The molecule has 1 atom stereocenters. The molecule has 1 rings (SSSR count). The molecular formula is C17H29NO. The van der Waals surface area contributed by atoms with E-state index in [1.54, 1.807) is 0 Å². The van der Waals surface area contributed by atoms with Crippen LogP contribution < -0.4 is 5.32 Å². The smallest absolute Gasteiger partial charge is 0.0951 e.